The largest absolute Gasteiger partial charge is 0.370 e. The summed E-state index contributed by atoms with van der Waals surface area (Å²) in [5, 5.41) is -0.246. The SMILES string of the molecule is N[C@H]1C[C@@H](N2Cc3nc[nH]c3C2)CO[C@@H]1c1cc(F)c(Cl)cc1F. The summed E-state index contributed by atoms with van der Waals surface area (Å²) in [4.78, 5) is 9.64. The number of aromatic nitrogens is 2. The number of hydrogen-bond acceptors (Lipinski definition) is 4. The molecule has 4 rings (SSSR count). The van der Waals surface area contributed by atoms with Crippen LogP contribution in [0.15, 0.2) is 18.5 Å². The summed E-state index contributed by atoms with van der Waals surface area (Å²) in [5.41, 5.74) is 8.48. The lowest BCUT2D eigenvalue weighted by Crippen LogP contribution is -2.47. The van der Waals surface area contributed by atoms with E-state index in [2.05, 4.69) is 14.9 Å². The lowest BCUT2D eigenvalue weighted by atomic mass is 9.93. The van der Waals surface area contributed by atoms with Crippen LogP contribution in [0.25, 0.3) is 0 Å². The third-order valence-electron chi connectivity index (χ3n) is 4.79. The van der Waals surface area contributed by atoms with Crippen LogP contribution in [-0.2, 0) is 17.8 Å². The zero-order chi connectivity index (χ0) is 16.8. The van der Waals surface area contributed by atoms with Gasteiger partial charge in [-0.15, -0.1) is 0 Å². The summed E-state index contributed by atoms with van der Waals surface area (Å²) in [6, 6.07) is 1.74. The molecule has 0 aliphatic carbocycles. The summed E-state index contributed by atoms with van der Waals surface area (Å²) in [6.45, 7) is 1.92. The van der Waals surface area contributed by atoms with Crippen LogP contribution in [0.1, 0.15) is 29.5 Å². The highest BCUT2D eigenvalue weighted by atomic mass is 35.5. The second kappa shape index (κ2) is 6.07. The predicted molar refractivity (Wildman–Crippen MR) is 84.3 cm³/mol. The minimum atomic E-state index is -0.674. The van der Waals surface area contributed by atoms with Crippen molar-refractivity contribution in [1.29, 1.82) is 0 Å². The molecule has 0 amide bonds. The summed E-state index contributed by atoms with van der Waals surface area (Å²) in [6.07, 6.45) is 1.66. The molecule has 3 heterocycles. The number of nitrogens with zero attached hydrogens (tertiary/aromatic N) is 2. The monoisotopic (exact) mass is 354 g/mol. The molecule has 0 radical (unpaired) electrons. The van der Waals surface area contributed by atoms with E-state index < -0.39 is 23.8 Å². The molecule has 3 atom stereocenters. The number of nitrogens with two attached hydrogens (primary N) is 1. The van der Waals surface area contributed by atoms with Crippen molar-refractivity contribution in [3.63, 3.8) is 0 Å². The maximum atomic E-state index is 14.1. The molecule has 1 aromatic heterocycles. The fraction of sp³-hybridized carbons (Fsp3) is 0.438. The molecule has 1 aromatic carbocycles. The number of aromatic amines is 1. The Labute approximate surface area is 142 Å². The third kappa shape index (κ3) is 2.71. The van der Waals surface area contributed by atoms with Crippen molar-refractivity contribution >= 4 is 11.6 Å². The minimum absolute atomic E-state index is 0.121. The molecule has 0 bridgehead atoms. The Morgan fingerprint density at radius 3 is 2.88 bits per heavy atom. The average molecular weight is 355 g/mol. The molecular weight excluding hydrogens is 338 g/mol. The van der Waals surface area contributed by atoms with Gasteiger partial charge in [0.25, 0.3) is 0 Å². The summed E-state index contributed by atoms with van der Waals surface area (Å²) in [5.74, 6) is -1.27. The highest BCUT2D eigenvalue weighted by molar-refractivity contribution is 6.30. The van der Waals surface area contributed by atoms with Gasteiger partial charge in [-0.1, -0.05) is 11.6 Å². The van der Waals surface area contributed by atoms with E-state index >= 15 is 0 Å². The van der Waals surface area contributed by atoms with Crippen molar-refractivity contribution < 1.29 is 13.5 Å². The zero-order valence-electron chi connectivity index (χ0n) is 12.8. The van der Waals surface area contributed by atoms with E-state index in [1.54, 1.807) is 6.33 Å². The summed E-state index contributed by atoms with van der Waals surface area (Å²) in [7, 11) is 0. The van der Waals surface area contributed by atoms with Gasteiger partial charge >= 0.3 is 0 Å². The molecule has 3 N–H and O–H groups in total. The van der Waals surface area contributed by atoms with E-state index in [4.69, 9.17) is 22.1 Å². The highest BCUT2D eigenvalue weighted by Gasteiger charge is 2.37. The normalized spacial score (nSPS) is 27.4. The standard InChI is InChI=1S/C16H17ClF2N4O/c17-10-3-11(18)9(2-12(10)19)16-13(20)1-8(6-24-16)23-4-14-15(5-23)22-7-21-14/h2-3,7-8,13,16H,1,4-6,20H2,(H,21,22)/t8-,13+,16-/m1/s1. The van der Waals surface area contributed by atoms with Crippen LogP contribution in [-0.4, -0.2) is 33.6 Å². The Bertz CT molecular complexity index is 748. The molecule has 1 saturated heterocycles. The van der Waals surface area contributed by atoms with Crippen LogP contribution in [0, 0.1) is 11.6 Å². The molecule has 2 aromatic rings. The Hall–Kier alpha value is -1.54. The lowest BCUT2D eigenvalue weighted by molar-refractivity contribution is -0.0533. The van der Waals surface area contributed by atoms with Gasteiger partial charge in [0.15, 0.2) is 0 Å². The van der Waals surface area contributed by atoms with Crippen molar-refractivity contribution in [2.75, 3.05) is 6.61 Å². The molecule has 0 spiro atoms. The van der Waals surface area contributed by atoms with E-state index in [0.717, 1.165) is 36.6 Å². The van der Waals surface area contributed by atoms with E-state index in [1.807, 2.05) is 0 Å². The first kappa shape index (κ1) is 16.0. The molecule has 24 heavy (non-hydrogen) atoms. The maximum Gasteiger partial charge on any atom is 0.142 e. The third-order valence-corrected chi connectivity index (χ3v) is 5.08. The molecule has 1 fully saturated rings. The van der Waals surface area contributed by atoms with E-state index in [-0.39, 0.29) is 16.6 Å². The molecule has 2 aliphatic rings. The van der Waals surface area contributed by atoms with Crippen LogP contribution in [0.3, 0.4) is 0 Å². The van der Waals surface area contributed by atoms with Crippen molar-refractivity contribution in [2.24, 2.45) is 5.73 Å². The topological polar surface area (TPSA) is 67.2 Å². The number of H-pyrrole nitrogens is 1. The van der Waals surface area contributed by atoms with Crippen LogP contribution < -0.4 is 5.73 Å². The van der Waals surface area contributed by atoms with E-state index in [9.17, 15) is 8.78 Å². The van der Waals surface area contributed by atoms with Gasteiger partial charge in [-0.3, -0.25) is 4.90 Å². The van der Waals surface area contributed by atoms with E-state index in [1.165, 1.54) is 0 Å². The van der Waals surface area contributed by atoms with Crippen LogP contribution in [0.2, 0.25) is 5.02 Å². The Morgan fingerprint density at radius 2 is 2.12 bits per heavy atom. The van der Waals surface area contributed by atoms with Crippen LogP contribution in [0.4, 0.5) is 8.78 Å². The molecule has 2 aliphatic heterocycles. The second-order valence-electron chi connectivity index (χ2n) is 6.33. The number of nitrogens with one attached hydrogen (secondary N) is 1. The smallest absolute Gasteiger partial charge is 0.142 e. The molecule has 128 valence electrons. The number of imidazole rings is 1. The van der Waals surface area contributed by atoms with Crippen molar-refractivity contribution in [3.8, 4) is 0 Å². The van der Waals surface area contributed by atoms with Gasteiger partial charge < -0.3 is 15.5 Å². The molecule has 0 unspecified atom stereocenters. The number of ether oxygens (including phenoxy) is 1. The van der Waals surface area contributed by atoms with E-state index in [0.29, 0.717) is 13.0 Å². The Morgan fingerprint density at radius 1 is 1.29 bits per heavy atom. The molecule has 5 nitrogen and oxygen atoms in total. The number of hydrogen-bond donors (Lipinski definition) is 2. The first-order chi connectivity index (χ1) is 11.5. The minimum Gasteiger partial charge on any atom is -0.370 e. The maximum absolute atomic E-state index is 14.1. The van der Waals surface area contributed by atoms with Gasteiger partial charge in [0.2, 0.25) is 0 Å². The van der Waals surface area contributed by atoms with Gasteiger partial charge in [-0.25, -0.2) is 13.8 Å². The van der Waals surface area contributed by atoms with Gasteiger partial charge in [0, 0.05) is 30.7 Å². The van der Waals surface area contributed by atoms with Crippen molar-refractivity contribution in [1.82, 2.24) is 14.9 Å². The van der Waals surface area contributed by atoms with Gasteiger partial charge in [-0.05, 0) is 18.6 Å². The number of rotatable bonds is 2. The first-order valence-corrected chi connectivity index (χ1v) is 8.17. The molecule has 0 saturated carbocycles. The highest BCUT2D eigenvalue weighted by Crippen LogP contribution is 2.34. The average Bonchev–Trinajstić information content (AvgIpc) is 3.13. The summed E-state index contributed by atoms with van der Waals surface area (Å²) < 4.78 is 33.6. The predicted octanol–water partition coefficient (Wildman–Crippen LogP) is 2.51. The number of fused-ring (bicyclic) bond motifs is 1. The number of halogens is 3. The fourth-order valence-corrected chi connectivity index (χ4v) is 3.66. The molecular formula is C16H17ClF2N4O. The van der Waals surface area contributed by atoms with Gasteiger partial charge in [0.05, 0.1) is 29.3 Å². The van der Waals surface area contributed by atoms with Gasteiger partial charge in [-0.2, -0.15) is 0 Å². The fourth-order valence-electron chi connectivity index (χ4n) is 3.51. The lowest BCUT2D eigenvalue weighted by Gasteiger charge is -2.38. The van der Waals surface area contributed by atoms with Gasteiger partial charge in [0.1, 0.15) is 17.7 Å². The van der Waals surface area contributed by atoms with Crippen molar-refractivity contribution in [2.45, 2.75) is 37.7 Å². The second-order valence-corrected chi connectivity index (χ2v) is 6.74. The number of benzene rings is 1. The molecule has 8 heteroatoms. The van der Waals surface area contributed by atoms with Crippen molar-refractivity contribution in [3.05, 3.63) is 52.1 Å². The van der Waals surface area contributed by atoms with Crippen LogP contribution >= 0.6 is 11.6 Å². The quantitative estimate of drug-likeness (QED) is 0.813. The zero-order valence-corrected chi connectivity index (χ0v) is 13.6. The van der Waals surface area contributed by atoms with Crippen LogP contribution in [0.5, 0.6) is 0 Å². The Balaban J connectivity index is 1.47. The Kier molecular flexibility index (Phi) is 4.04. The summed E-state index contributed by atoms with van der Waals surface area (Å²) >= 11 is 5.60. The first-order valence-electron chi connectivity index (χ1n) is 7.79.